The van der Waals surface area contributed by atoms with Gasteiger partial charge in [0.25, 0.3) is 5.91 Å². The summed E-state index contributed by atoms with van der Waals surface area (Å²) in [6, 6.07) is 8.15. The minimum atomic E-state index is -0.326. The van der Waals surface area contributed by atoms with E-state index in [1.807, 2.05) is 18.2 Å². The predicted molar refractivity (Wildman–Crippen MR) is 129 cm³/mol. The molecule has 8 heteroatoms. The second-order valence-corrected chi connectivity index (χ2v) is 9.33. The first kappa shape index (κ1) is 23.0. The number of rotatable bonds is 5. The number of amidine groups is 1. The zero-order chi connectivity index (χ0) is 22.7. The number of fused-ring (bicyclic) bond motifs is 1. The van der Waals surface area contributed by atoms with Crippen LogP contribution in [0, 0.1) is 5.41 Å². The summed E-state index contributed by atoms with van der Waals surface area (Å²) in [5.74, 6) is 0.382. The van der Waals surface area contributed by atoms with E-state index in [1.165, 1.54) is 32.1 Å². The number of nitrogens with one attached hydrogen (secondary N) is 3. The molecule has 1 aliphatic carbocycles. The summed E-state index contributed by atoms with van der Waals surface area (Å²) in [6.45, 7) is 2.96. The van der Waals surface area contributed by atoms with Gasteiger partial charge in [-0.25, -0.2) is 4.98 Å². The Morgan fingerprint density at radius 2 is 2.00 bits per heavy atom. The lowest BCUT2D eigenvalue weighted by molar-refractivity contribution is 0.0533. The summed E-state index contributed by atoms with van der Waals surface area (Å²) >= 11 is 6.20. The van der Waals surface area contributed by atoms with Crippen molar-refractivity contribution in [3.8, 4) is 0 Å². The van der Waals surface area contributed by atoms with Crippen molar-refractivity contribution < 1.29 is 9.53 Å². The van der Waals surface area contributed by atoms with Gasteiger partial charge in [0.1, 0.15) is 5.82 Å². The second kappa shape index (κ2) is 10.1. The lowest BCUT2D eigenvalue weighted by atomic mass is 9.92. The number of piperidine rings is 1. The van der Waals surface area contributed by atoms with E-state index in [9.17, 15) is 4.79 Å². The molecule has 3 N–H and O–H groups in total. The first-order chi connectivity index (χ1) is 15.4. The zero-order valence-corrected chi connectivity index (χ0v) is 19.5. The van der Waals surface area contributed by atoms with Crippen LogP contribution in [0.25, 0.3) is 10.9 Å². The highest BCUT2D eigenvalue weighted by Gasteiger charge is 2.33. The molecule has 4 rings (SSSR count). The number of methoxy groups -OCH3 is 1. The van der Waals surface area contributed by atoms with Gasteiger partial charge in [0.05, 0.1) is 23.0 Å². The third-order valence-electron chi connectivity index (χ3n) is 6.52. The van der Waals surface area contributed by atoms with Crippen molar-refractivity contribution in [3.05, 3.63) is 34.9 Å². The molecule has 2 fully saturated rings. The van der Waals surface area contributed by atoms with Gasteiger partial charge in [-0.2, -0.15) is 0 Å². The van der Waals surface area contributed by atoms with Crippen LogP contribution >= 0.6 is 11.6 Å². The summed E-state index contributed by atoms with van der Waals surface area (Å²) in [5, 5.41) is 15.6. The monoisotopic (exact) mass is 457 g/mol. The highest BCUT2D eigenvalue weighted by molar-refractivity contribution is 6.31. The van der Waals surface area contributed by atoms with Crippen LogP contribution in [-0.4, -0.2) is 55.1 Å². The SMILES string of the molecule is CO[C@H]1CN(c2nc3cc(Cl)ccc3cc2C(=O)NC(C)=N)CCC1NC1CCCCC1. The van der Waals surface area contributed by atoms with Crippen LogP contribution < -0.4 is 15.5 Å². The number of nitrogens with zero attached hydrogens (tertiary/aromatic N) is 2. The molecule has 0 radical (unpaired) electrons. The highest BCUT2D eigenvalue weighted by Crippen LogP contribution is 2.29. The van der Waals surface area contributed by atoms with Gasteiger partial charge in [-0.15, -0.1) is 0 Å². The topological polar surface area (TPSA) is 90.3 Å². The summed E-state index contributed by atoms with van der Waals surface area (Å²) in [5.41, 5.74) is 1.20. The van der Waals surface area contributed by atoms with Gasteiger partial charge in [-0.3, -0.25) is 10.2 Å². The molecule has 1 aromatic heterocycles. The number of amides is 1. The van der Waals surface area contributed by atoms with Gasteiger partial charge in [-0.1, -0.05) is 36.9 Å². The van der Waals surface area contributed by atoms with Crippen LogP contribution in [0.4, 0.5) is 5.82 Å². The Morgan fingerprint density at radius 1 is 1.22 bits per heavy atom. The van der Waals surface area contributed by atoms with Gasteiger partial charge >= 0.3 is 0 Å². The second-order valence-electron chi connectivity index (χ2n) is 8.89. The summed E-state index contributed by atoms with van der Waals surface area (Å²) in [7, 11) is 1.75. The van der Waals surface area contributed by atoms with E-state index in [2.05, 4.69) is 15.5 Å². The van der Waals surface area contributed by atoms with Crippen molar-refractivity contribution in [1.82, 2.24) is 15.6 Å². The molecule has 1 aromatic carbocycles. The normalized spacial score (nSPS) is 22.2. The van der Waals surface area contributed by atoms with Crippen LogP contribution in [0.3, 0.4) is 0 Å². The fourth-order valence-electron chi connectivity index (χ4n) is 4.89. The van der Waals surface area contributed by atoms with Crippen molar-refractivity contribution in [3.63, 3.8) is 0 Å². The summed E-state index contributed by atoms with van der Waals surface area (Å²) in [4.78, 5) is 19.9. The zero-order valence-electron chi connectivity index (χ0n) is 18.8. The molecule has 7 nitrogen and oxygen atoms in total. The molecule has 1 unspecified atom stereocenters. The fraction of sp³-hybridized carbons (Fsp3) is 0.542. The van der Waals surface area contributed by atoms with Crippen LogP contribution in [0.2, 0.25) is 5.02 Å². The van der Waals surface area contributed by atoms with Gasteiger partial charge in [0.2, 0.25) is 0 Å². The Labute approximate surface area is 194 Å². The Morgan fingerprint density at radius 3 is 2.72 bits per heavy atom. The standard InChI is InChI=1S/C24H32ClN5O2/c1-15(26)27-24(31)19-12-16-8-9-17(25)13-21(16)29-23(19)30-11-10-20(22(14-30)32-2)28-18-6-4-3-5-7-18/h8-9,12-13,18,20,22,28H,3-7,10-11,14H2,1-2H3,(H2,26,27,31)/t20?,22-/m0/s1. The molecule has 1 aliphatic heterocycles. The fourth-order valence-corrected chi connectivity index (χ4v) is 5.05. The molecule has 0 spiro atoms. The predicted octanol–water partition coefficient (Wildman–Crippen LogP) is 4.13. The smallest absolute Gasteiger partial charge is 0.260 e. The molecular formula is C24H32ClN5O2. The van der Waals surface area contributed by atoms with Crippen molar-refractivity contribution >= 4 is 40.1 Å². The lowest BCUT2D eigenvalue weighted by Crippen LogP contribution is -2.56. The number of pyridine rings is 1. The van der Waals surface area contributed by atoms with E-state index in [4.69, 9.17) is 26.7 Å². The molecule has 2 heterocycles. The molecule has 2 aromatic rings. The van der Waals surface area contributed by atoms with E-state index < -0.39 is 0 Å². The molecule has 1 saturated carbocycles. The van der Waals surface area contributed by atoms with E-state index in [0.29, 0.717) is 29.0 Å². The van der Waals surface area contributed by atoms with Gasteiger partial charge in [-0.05, 0) is 44.4 Å². The number of benzene rings is 1. The van der Waals surface area contributed by atoms with Crippen LogP contribution in [-0.2, 0) is 4.74 Å². The molecule has 2 aliphatic rings. The Balaban J connectivity index is 1.61. The van der Waals surface area contributed by atoms with Gasteiger partial charge < -0.3 is 20.3 Å². The van der Waals surface area contributed by atoms with Crippen molar-refractivity contribution in [2.24, 2.45) is 0 Å². The average molecular weight is 458 g/mol. The Bertz CT molecular complexity index is 992. The quantitative estimate of drug-likeness (QED) is 0.464. The third kappa shape index (κ3) is 5.22. The number of hydrogen-bond donors (Lipinski definition) is 3. The number of carbonyl (C=O) groups excluding carboxylic acids is 1. The van der Waals surface area contributed by atoms with Crippen molar-refractivity contribution in [2.45, 2.75) is 63.6 Å². The number of hydrogen-bond acceptors (Lipinski definition) is 6. The number of carbonyl (C=O) groups is 1. The maximum atomic E-state index is 12.9. The largest absolute Gasteiger partial charge is 0.378 e. The molecule has 1 saturated heterocycles. The first-order valence-corrected chi connectivity index (χ1v) is 11.8. The minimum absolute atomic E-state index is 0.00270. The van der Waals surface area contributed by atoms with Crippen LogP contribution in [0.1, 0.15) is 55.8 Å². The van der Waals surface area contributed by atoms with Crippen molar-refractivity contribution in [1.29, 1.82) is 5.41 Å². The lowest BCUT2D eigenvalue weighted by Gasteiger charge is -2.41. The molecule has 1 amide bonds. The van der Waals surface area contributed by atoms with E-state index in [0.717, 1.165) is 23.9 Å². The first-order valence-electron chi connectivity index (χ1n) is 11.4. The number of anilines is 1. The van der Waals surface area contributed by atoms with E-state index in [1.54, 1.807) is 20.1 Å². The number of ether oxygens (including phenoxy) is 1. The minimum Gasteiger partial charge on any atom is -0.378 e. The van der Waals surface area contributed by atoms with Crippen LogP contribution in [0.5, 0.6) is 0 Å². The van der Waals surface area contributed by atoms with Crippen LogP contribution in [0.15, 0.2) is 24.3 Å². The molecular weight excluding hydrogens is 426 g/mol. The summed E-state index contributed by atoms with van der Waals surface area (Å²) < 4.78 is 5.88. The van der Waals surface area contributed by atoms with Gasteiger partial charge in [0, 0.05) is 42.7 Å². The van der Waals surface area contributed by atoms with Crippen molar-refractivity contribution in [2.75, 3.05) is 25.1 Å². The maximum absolute atomic E-state index is 12.9. The third-order valence-corrected chi connectivity index (χ3v) is 6.76. The molecule has 172 valence electrons. The number of aromatic nitrogens is 1. The Hall–Kier alpha value is -2.22. The molecule has 32 heavy (non-hydrogen) atoms. The molecule has 0 bridgehead atoms. The summed E-state index contributed by atoms with van der Waals surface area (Å²) in [6.07, 6.45) is 7.30. The Kier molecular flexibility index (Phi) is 7.28. The van der Waals surface area contributed by atoms with Gasteiger partial charge in [0.15, 0.2) is 0 Å². The average Bonchev–Trinajstić information content (AvgIpc) is 2.78. The maximum Gasteiger partial charge on any atom is 0.260 e. The van der Waals surface area contributed by atoms with E-state index >= 15 is 0 Å². The molecule has 2 atom stereocenters. The highest BCUT2D eigenvalue weighted by atomic mass is 35.5. The number of halogens is 1. The van der Waals surface area contributed by atoms with E-state index in [-0.39, 0.29) is 23.9 Å².